The van der Waals surface area contributed by atoms with Gasteiger partial charge in [-0.25, -0.2) is 8.78 Å². The smallest absolute Gasteiger partial charge is 0.416 e. The van der Waals surface area contributed by atoms with Gasteiger partial charge in [-0.3, -0.25) is 14.4 Å². The van der Waals surface area contributed by atoms with Gasteiger partial charge in [-0.1, -0.05) is 25.7 Å². The monoisotopic (exact) mass is 687 g/mol. The maximum Gasteiger partial charge on any atom is 0.416 e. The number of carboxylic acid groups (broad SMARTS) is 1. The first-order chi connectivity index (χ1) is 23.1. The van der Waals surface area contributed by atoms with Crippen molar-refractivity contribution in [2.75, 3.05) is 20.1 Å². The van der Waals surface area contributed by atoms with Gasteiger partial charge in [0.25, 0.3) is 5.56 Å². The number of rotatable bonds is 5. The lowest BCUT2D eigenvalue weighted by Crippen LogP contribution is -2.45. The van der Waals surface area contributed by atoms with Crippen molar-refractivity contribution >= 4 is 11.9 Å². The number of alkyl halides is 3. The summed E-state index contributed by atoms with van der Waals surface area (Å²) < 4.78 is 73.8. The fourth-order valence-corrected chi connectivity index (χ4v) is 7.41. The molecule has 1 amide bonds. The van der Waals surface area contributed by atoms with Crippen LogP contribution in [0.25, 0.3) is 11.1 Å². The summed E-state index contributed by atoms with van der Waals surface area (Å²) in [6.07, 6.45) is -0.242. The number of aliphatic carboxylic acids is 1. The third kappa shape index (κ3) is 8.40. The maximum absolute atomic E-state index is 15.9. The van der Waals surface area contributed by atoms with Crippen LogP contribution in [0.1, 0.15) is 90.4 Å². The van der Waals surface area contributed by atoms with E-state index in [9.17, 15) is 37.1 Å². The quantitative estimate of drug-likeness (QED) is 0.275. The summed E-state index contributed by atoms with van der Waals surface area (Å²) in [4.78, 5) is 41.5. The number of carboxylic acids is 1. The largest absolute Gasteiger partial charge is 0.481 e. The van der Waals surface area contributed by atoms with E-state index in [1.54, 1.807) is 13.0 Å². The molecule has 1 saturated heterocycles. The zero-order valence-electron chi connectivity index (χ0n) is 27.9. The van der Waals surface area contributed by atoms with Crippen LogP contribution < -0.4 is 10.9 Å². The van der Waals surface area contributed by atoms with Crippen molar-refractivity contribution in [2.45, 2.75) is 89.9 Å². The Morgan fingerprint density at radius 3 is 2.33 bits per heavy atom. The molecule has 0 radical (unpaired) electrons. The fourth-order valence-electron chi connectivity index (χ4n) is 7.41. The molecule has 2 aliphatic heterocycles. The average Bonchev–Trinajstić information content (AvgIpc) is 2.98. The van der Waals surface area contributed by atoms with Crippen LogP contribution in [0.2, 0.25) is 0 Å². The molecule has 3 heterocycles. The molecule has 0 saturated carbocycles. The third-order valence-electron chi connectivity index (χ3n) is 9.70. The number of aromatic nitrogens is 1. The van der Waals surface area contributed by atoms with Gasteiger partial charge < -0.3 is 19.9 Å². The van der Waals surface area contributed by atoms with Gasteiger partial charge in [0.2, 0.25) is 5.91 Å². The second-order valence-electron chi connectivity index (χ2n) is 13.7. The molecule has 0 spiro atoms. The summed E-state index contributed by atoms with van der Waals surface area (Å²) in [6.45, 7) is 4.46. The van der Waals surface area contributed by atoms with Crippen molar-refractivity contribution in [3.63, 3.8) is 0 Å². The molecule has 2 aromatic carbocycles. The zero-order chi connectivity index (χ0) is 35.6. The second kappa shape index (κ2) is 14.8. The zero-order valence-corrected chi connectivity index (χ0v) is 27.9. The summed E-state index contributed by atoms with van der Waals surface area (Å²) in [5.74, 6) is -3.29. The van der Waals surface area contributed by atoms with Gasteiger partial charge in [-0.05, 0) is 110 Å². The first kappa shape index (κ1) is 36.2. The van der Waals surface area contributed by atoms with Gasteiger partial charge in [0, 0.05) is 30.9 Å². The molecule has 0 unspecified atom stereocenters. The molecule has 2 N–H and O–H groups in total. The van der Waals surface area contributed by atoms with Crippen LogP contribution in [0.15, 0.2) is 41.3 Å². The molecule has 2 bridgehead atoms. The van der Waals surface area contributed by atoms with Crippen molar-refractivity contribution < 1.29 is 36.6 Å². The summed E-state index contributed by atoms with van der Waals surface area (Å²) in [6, 6.07) is 3.82. The van der Waals surface area contributed by atoms with Gasteiger partial charge in [0.05, 0.1) is 18.0 Å². The number of hydrogen-bond donors (Lipinski definition) is 2. The van der Waals surface area contributed by atoms with Crippen molar-refractivity contribution in [1.82, 2.24) is 14.8 Å². The number of hydrogen-bond acceptors (Lipinski definition) is 4. The molecule has 264 valence electrons. The first-order valence-electron chi connectivity index (χ1n) is 16.7. The summed E-state index contributed by atoms with van der Waals surface area (Å²) in [7, 11) is 1.86. The fraction of sp³-hybridized carbons (Fsp3) is 0.486. The third-order valence-corrected chi connectivity index (χ3v) is 9.70. The Morgan fingerprint density at radius 1 is 0.959 bits per heavy atom. The molecule has 7 nitrogen and oxygen atoms in total. The minimum absolute atomic E-state index is 0.0495. The normalized spacial score (nSPS) is 20.0. The first-order valence-corrected chi connectivity index (χ1v) is 16.7. The maximum atomic E-state index is 15.9. The molecule has 12 heteroatoms. The van der Waals surface area contributed by atoms with Crippen LogP contribution >= 0.6 is 0 Å². The van der Waals surface area contributed by atoms with Gasteiger partial charge in [0.1, 0.15) is 17.7 Å². The molecule has 5 rings (SSSR count). The van der Waals surface area contributed by atoms with E-state index in [1.807, 2.05) is 11.9 Å². The number of carbonyl (C=O) groups excluding carboxylic acids is 1. The number of nitrogens with one attached hydrogen (secondary N) is 1. The molecular formula is C37H42F5N3O4. The second-order valence-corrected chi connectivity index (χ2v) is 13.7. The van der Waals surface area contributed by atoms with Crippen molar-refractivity contribution in [3.8, 4) is 11.1 Å². The minimum atomic E-state index is -4.78. The molecule has 1 aromatic heterocycles. The molecule has 2 atom stereocenters. The van der Waals surface area contributed by atoms with E-state index in [4.69, 9.17) is 0 Å². The lowest BCUT2D eigenvalue weighted by Gasteiger charge is -2.36. The van der Waals surface area contributed by atoms with Gasteiger partial charge in [0.15, 0.2) is 0 Å². The highest BCUT2D eigenvalue weighted by Crippen LogP contribution is 2.37. The van der Waals surface area contributed by atoms with Crippen LogP contribution in [0.4, 0.5) is 22.0 Å². The van der Waals surface area contributed by atoms with Crippen molar-refractivity contribution in [3.05, 3.63) is 91.9 Å². The minimum Gasteiger partial charge on any atom is -0.481 e. The van der Waals surface area contributed by atoms with Crippen LogP contribution in [0.3, 0.4) is 0 Å². The van der Waals surface area contributed by atoms with E-state index in [1.165, 1.54) is 25.1 Å². The van der Waals surface area contributed by atoms with E-state index in [2.05, 4.69) is 5.32 Å². The Labute approximate surface area is 282 Å². The van der Waals surface area contributed by atoms with Gasteiger partial charge in [-0.2, -0.15) is 13.2 Å². The summed E-state index contributed by atoms with van der Waals surface area (Å²) in [5.41, 5.74) is 0.574. The standard InChI is InChI=1S/C37H42F5N3O4/c1-21-12-27(38)14-24-9-7-5-4-6-8-10-31(45-20-26(13-23-18-44(3)19-23)29(16-32(45)46)37(40,41)42)36(49)43-30(17-33(47)48)28-15-25(34(21)24)11-22(2)35(28)39/h11-12,14-16,20,23,30-31H,4-10,13,17-19H2,1-3H3,(H,43,49)(H,47,48)/t30-,31-/m0/s1. The molecule has 0 aliphatic carbocycles. The lowest BCUT2D eigenvalue weighted by molar-refractivity contribution is -0.139. The number of fused-ring (bicyclic) bond motifs is 4. The van der Waals surface area contributed by atoms with E-state index < -0.39 is 59.3 Å². The number of nitrogens with zero attached hydrogens (tertiary/aromatic N) is 2. The van der Waals surface area contributed by atoms with E-state index in [0.717, 1.165) is 35.6 Å². The Balaban J connectivity index is 1.61. The van der Waals surface area contributed by atoms with Crippen molar-refractivity contribution in [1.29, 1.82) is 0 Å². The Hall–Kier alpha value is -4.06. The van der Waals surface area contributed by atoms with E-state index >= 15 is 4.39 Å². The molecule has 49 heavy (non-hydrogen) atoms. The Morgan fingerprint density at radius 2 is 1.65 bits per heavy atom. The highest BCUT2D eigenvalue weighted by atomic mass is 19.4. The number of halogens is 5. The summed E-state index contributed by atoms with van der Waals surface area (Å²) >= 11 is 0. The summed E-state index contributed by atoms with van der Waals surface area (Å²) in [5, 5.41) is 12.5. The lowest BCUT2D eigenvalue weighted by atomic mass is 9.88. The number of benzene rings is 2. The Kier molecular flexibility index (Phi) is 11.0. The van der Waals surface area contributed by atoms with Crippen LogP contribution in [-0.2, 0) is 28.6 Å². The average molecular weight is 688 g/mol. The van der Waals surface area contributed by atoms with E-state index in [0.29, 0.717) is 55.1 Å². The molecule has 1 fully saturated rings. The predicted molar refractivity (Wildman–Crippen MR) is 175 cm³/mol. The highest BCUT2D eigenvalue weighted by molar-refractivity contribution is 5.82. The Bertz CT molecular complexity index is 1780. The van der Waals surface area contributed by atoms with Gasteiger partial charge in [-0.15, -0.1) is 0 Å². The number of carbonyl (C=O) groups is 2. The van der Waals surface area contributed by atoms with Crippen LogP contribution in [-0.4, -0.2) is 46.6 Å². The molecule has 2 aliphatic rings. The molecular weight excluding hydrogens is 645 g/mol. The number of likely N-dealkylation sites (tertiary alicyclic amines) is 1. The topological polar surface area (TPSA) is 91.6 Å². The SMILES string of the molecule is Cc1cc2cc(c1F)[C@H](CC(=O)O)NC(=O)[C@@H](n1cc(CC3CN(C)C3)c(C(F)(F)F)cc1=O)CCCCCCCc1cc(F)cc(C)c1-2. The van der Waals surface area contributed by atoms with Gasteiger partial charge >= 0.3 is 12.1 Å². The highest BCUT2D eigenvalue weighted by Gasteiger charge is 2.37. The van der Waals surface area contributed by atoms with Crippen molar-refractivity contribution in [2.24, 2.45) is 5.92 Å². The number of aryl methyl sites for hydroxylation is 3. The van der Waals surface area contributed by atoms with Crippen LogP contribution in [0.5, 0.6) is 0 Å². The molecule has 3 aromatic rings. The number of pyridine rings is 1. The van der Waals surface area contributed by atoms with E-state index in [-0.39, 0.29) is 35.4 Å². The predicted octanol–water partition coefficient (Wildman–Crippen LogP) is 7.30. The van der Waals surface area contributed by atoms with Crippen LogP contribution in [0, 0.1) is 31.4 Å². The number of amides is 1.